The Bertz CT molecular complexity index is 482. The van der Waals surface area contributed by atoms with Crippen LogP contribution < -0.4 is 0 Å². The van der Waals surface area contributed by atoms with Gasteiger partial charge in [0.05, 0.1) is 11.7 Å². The van der Waals surface area contributed by atoms with Crippen LogP contribution in [0.3, 0.4) is 0 Å². The van der Waals surface area contributed by atoms with Crippen LogP contribution in [-0.2, 0) is 14.3 Å². The Balaban J connectivity index is 1.88. The monoisotopic (exact) mass is 352 g/mol. The number of amides is 2. The first kappa shape index (κ1) is 20.2. The molecule has 1 spiro atoms. The summed E-state index contributed by atoms with van der Waals surface area (Å²) < 4.78 is 6.42. The highest BCUT2D eigenvalue weighted by Gasteiger charge is 2.45. The van der Waals surface area contributed by atoms with E-state index in [9.17, 15) is 9.59 Å². The fourth-order valence-electron chi connectivity index (χ4n) is 4.16. The standard InChI is InChI=1S/C20H36N2O3/c1-6-21(7-2)17(23)10-9-16-11-13-20(25-16)12-8-14-22(15-20)18(24)19(3,4)5/h16H,6-15H2,1-5H3/t16-,20+/m1/s1. The molecule has 0 aromatic heterocycles. The van der Waals surface area contributed by atoms with E-state index in [-0.39, 0.29) is 28.9 Å². The molecule has 2 rings (SSSR count). The third kappa shape index (κ3) is 4.96. The van der Waals surface area contributed by atoms with Gasteiger partial charge in [0.25, 0.3) is 0 Å². The lowest BCUT2D eigenvalue weighted by Gasteiger charge is -2.42. The van der Waals surface area contributed by atoms with E-state index in [0.29, 0.717) is 13.0 Å². The highest BCUT2D eigenvalue weighted by atomic mass is 16.5. The molecule has 2 atom stereocenters. The summed E-state index contributed by atoms with van der Waals surface area (Å²) >= 11 is 0. The smallest absolute Gasteiger partial charge is 0.228 e. The van der Waals surface area contributed by atoms with Crippen LogP contribution in [0.1, 0.15) is 73.1 Å². The maximum atomic E-state index is 12.6. The van der Waals surface area contributed by atoms with E-state index in [0.717, 1.165) is 51.7 Å². The minimum Gasteiger partial charge on any atom is -0.370 e. The largest absolute Gasteiger partial charge is 0.370 e. The Hall–Kier alpha value is -1.10. The molecule has 0 unspecified atom stereocenters. The molecule has 0 saturated carbocycles. The zero-order valence-corrected chi connectivity index (χ0v) is 16.8. The molecule has 0 bridgehead atoms. The van der Waals surface area contributed by atoms with Crippen molar-refractivity contribution in [2.45, 2.75) is 84.8 Å². The molecule has 2 aliphatic heterocycles. The molecule has 0 aromatic carbocycles. The quantitative estimate of drug-likeness (QED) is 0.763. The lowest BCUT2D eigenvalue weighted by atomic mass is 9.87. The van der Waals surface area contributed by atoms with Gasteiger partial charge in [-0.3, -0.25) is 9.59 Å². The topological polar surface area (TPSA) is 49.9 Å². The Kier molecular flexibility index (Phi) is 6.52. The number of carbonyl (C=O) groups is 2. The minimum absolute atomic E-state index is 0.157. The second-order valence-electron chi connectivity index (χ2n) is 8.65. The zero-order valence-electron chi connectivity index (χ0n) is 16.8. The van der Waals surface area contributed by atoms with Crippen LogP contribution in [0.4, 0.5) is 0 Å². The molecule has 2 heterocycles. The predicted octanol–water partition coefficient (Wildman–Crippen LogP) is 3.22. The summed E-state index contributed by atoms with van der Waals surface area (Å²) in [6.45, 7) is 13.1. The van der Waals surface area contributed by atoms with E-state index in [4.69, 9.17) is 4.74 Å². The van der Waals surface area contributed by atoms with Crippen molar-refractivity contribution in [1.82, 2.24) is 9.80 Å². The molecule has 2 fully saturated rings. The first-order chi connectivity index (χ1) is 11.7. The van der Waals surface area contributed by atoms with Crippen molar-refractivity contribution in [1.29, 1.82) is 0 Å². The molecule has 0 aromatic rings. The second kappa shape index (κ2) is 8.07. The number of likely N-dealkylation sites (tertiary alicyclic amines) is 1. The summed E-state index contributed by atoms with van der Waals surface area (Å²) in [5.74, 6) is 0.443. The highest BCUT2D eigenvalue weighted by molar-refractivity contribution is 5.81. The van der Waals surface area contributed by atoms with Gasteiger partial charge in [0.2, 0.25) is 11.8 Å². The van der Waals surface area contributed by atoms with Gasteiger partial charge >= 0.3 is 0 Å². The van der Waals surface area contributed by atoms with Crippen LogP contribution >= 0.6 is 0 Å². The van der Waals surface area contributed by atoms with E-state index in [1.54, 1.807) is 0 Å². The minimum atomic E-state index is -0.341. The molecule has 2 amide bonds. The first-order valence-corrected chi connectivity index (χ1v) is 9.96. The van der Waals surface area contributed by atoms with Gasteiger partial charge < -0.3 is 14.5 Å². The Morgan fingerprint density at radius 2 is 1.88 bits per heavy atom. The number of carbonyl (C=O) groups excluding carboxylic acids is 2. The van der Waals surface area contributed by atoms with Crippen molar-refractivity contribution in [2.75, 3.05) is 26.2 Å². The molecule has 0 N–H and O–H groups in total. The van der Waals surface area contributed by atoms with E-state index in [1.807, 2.05) is 44.4 Å². The normalized spacial score (nSPS) is 26.9. The molecular weight excluding hydrogens is 316 g/mol. The van der Waals surface area contributed by atoms with Gasteiger partial charge in [0.1, 0.15) is 0 Å². The van der Waals surface area contributed by atoms with E-state index < -0.39 is 0 Å². The lowest BCUT2D eigenvalue weighted by Crippen LogP contribution is -2.53. The van der Waals surface area contributed by atoms with Gasteiger partial charge in [0.15, 0.2) is 0 Å². The van der Waals surface area contributed by atoms with Crippen molar-refractivity contribution >= 4 is 11.8 Å². The fraction of sp³-hybridized carbons (Fsp3) is 0.900. The van der Waals surface area contributed by atoms with Gasteiger partial charge in [-0.15, -0.1) is 0 Å². The Labute approximate surface area is 153 Å². The van der Waals surface area contributed by atoms with E-state index in [2.05, 4.69) is 0 Å². The number of nitrogens with zero attached hydrogens (tertiary/aromatic N) is 2. The predicted molar refractivity (Wildman–Crippen MR) is 99.3 cm³/mol. The van der Waals surface area contributed by atoms with Crippen LogP contribution in [0.15, 0.2) is 0 Å². The van der Waals surface area contributed by atoms with E-state index >= 15 is 0 Å². The summed E-state index contributed by atoms with van der Waals surface area (Å²) in [5, 5.41) is 0. The zero-order chi connectivity index (χ0) is 18.7. The highest BCUT2D eigenvalue weighted by Crippen LogP contribution is 2.39. The number of piperidine rings is 1. The van der Waals surface area contributed by atoms with Crippen molar-refractivity contribution in [3.8, 4) is 0 Å². The van der Waals surface area contributed by atoms with Crippen LogP contribution in [0, 0.1) is 5.41 Å². The summed E-state index contributed by atoms with van der Waals surface area (Å²) in [5.41, 5.74) is -0.519. The molecule has 5 nitrogen and oxygen atoms in total. The molecule has 2 aliphatic rings. The second-order valence-corrected chi connectivity index (χ2v) is 8.65. The van der Waals surface area contributed by atoms with Crippen LogP contribution in [0.5, 0.6) is 0 Å². The molecule has 5 heteroatoms. The maximum absolute atomic E-state index is 12.6. The average Bonchev–Trinajstić information content (AvgIpc) is 2.95. The Morgan fingerprint density at radius 1 is 1.20 bits per heavy atom. The number of hydrogen-bond donors (Lipinski definition) is 0. The third-order valence-electron chi connectivity index (χ3n) is 5.60. The molecule has 0 radical (unpaired) electrons. The van der Waals surface area contributed by atoms with Gasteiger partial charge in [-0.25, -0.2) is 0 Å². The van der Waals surface area contributed by atoms with Gasteiger partial charge in [-0.05, 0) is 46.0 Å². The summed E-state index contributed by atoms with van der Waals surface area (Å²) in [7, 11) is 0. The molecule has 25 heavy (non-hydrogen) atoms. The van der Waals surface area contributed by atoms with Crippen LogP contribution in [0.2, 0.25) is 0 Å². The summed E-state index contributed by atoms with van der Waals surface area (Å²) in [6.07, 6.45) is 5.56. The van der Waals surface area contributed by atoms with Crippen molar-refractivity contribution < 1.29 is 14.3 Å². The van der Waals surface area contributed by atoms with Gasteiger partial charge in [-0.1, -0.05) is 20.8 Å². The molecule has 2 saturated heterocycles. The summed E-state index contributed by atoms with van der Waals surface area (Å²) in [4.78, 5) is 28.7. The van der Waals surface area contributed by atoms with Crippen LogP contribution in [0.25, 0.3) is 0 Å². The Morgan fingerprint density at radius 3 is 2.48 bits per heavy atom. The number of ether oxygens (including phenoxy) is 1. The van der Waals surface area contributed by atoms with Gasteiger partial charge in [0, 0.05) is 38.0 Å². The molecular formula is C20H36N2O3. The number of rotatable bonds is 5. The maximum Gasteiger partial charge on any atom is 0.228 e. The van der Waals surface area contributed by atoms with E-state index in [1.165, 1.54) is 0 Å². The van der Waals surface area contributed by atoms with Crippen LogP contribution in [-0.4, -0.2) is 59.5 Å². The average molecular weight is 353 g/mol. The molecule has 144 valence electrons. The van der Waals surface area contributed by atoms with Crippen molar-refractivity contribution in [3.63, 3.8) is 0 Å². The number of hydrogen-bond acceptors (Lipinski definition) is 3. The molecule has 0 aliphatic carbocycles. The van der Waals surface area contributed by atoms with Crippen molar-refractivity contribution in [3.05, 3.63) is 0 Å². The first-order valence-electron chi connectivity index (χ1n) is 9.96. The summed E-state index contributed by atoms with van der Waals surface area (Å²) in [6, 6.07) is 0. The lowest BCUT2D eigenvalue weighted by molar-refractivity contribution is -0.150. The van der Waals surface area contributed by atoms with Crippen molar-refractivity contribution in [2.24, 2.45) is 5.41 Å². The fourth-order valence-corrected chi connectivity index (χ4v) is 4.16. The van der Waals surface area contributed by atoms with Gasteiger partial charge in [-0.2, -0.15) is 0 Å². The third-order valence-corrected chi connectivity index (χ3v) is 5.60. The SMILES string of the molecule is CCN(CC)C(=O)CC[C@@H]1CC[C@]2(CCCN(C(=O)C(C)(C)C)C2)O1.